The van der Waals surface area contributed by atoms with Crippen molar-refractivity contribution in [1.29, 1.82) is 0 Å². The highest BCUT2D eigenvalue weighted by Gasteiger charge is 2.39. The zero-order chi connectivity index (χ0) is 15.5. The van der Waals surface area contributed by atoms with Gasteiger partial charge in [-0.15, -0.1) is 10.2 Å². The van der Waals surface area contributed by atoms with Gasteiger partial charge in [0.2, 0.25) is 5.82 Å². The van der Waals surface area contributed by atoms with Gasteiger partial charge in [-0.3, -0.25) is 4.90 Å². The van der Waals surface area contributed by atoms with Crippen LogP contribution in [0.2, 0.25) is 0 Å². The second-order valence-corrected chi connectivity index (χ2v) is 5.22. The van der Waals surface area contributed by atoms with E-state index in [4.69, 9.17) is 10.5 Å². The minimum absolute atomic E-state index is 0.0169. The summed E-state index contributed by atoms with van der Waals surface area (Å²) >= 11 is 0. The Morgan fingerprint density at radius 1 is 1.33 bits per heavy atom. The fourth-order valence-corrected chi connectivity index (χ4v) is 2.49. The zero-order valence-corrected chi connectivity index (χ0v) is 11.9. The minimum Gasteiger partial charge on any atom is -0.385 e. The molecule has 120 valence electrons. The van der Waals surface area contributed by atoms with Crippen molar-refractivity contribution in [3.63, 3.8) is 0 Å². The van der Waals surface area contributed by atoms with E-state index in [0.717, 1.165) is 17.4 Å². The summed E-state index contributed by atoms with van der Waals surface area (Å²) in [4.78, 5) is 2.02. The molecule has 0 amide bonds. The second-order valence-electron chi connectivity index (χ2n) is 5.22. The molecule has 1 aromatic rings. The average Bonchev–Trinajstić information content (AvgIpc) is 2.82. The molecule has 1 aliphatic heterocycles. The predicted octanol–water partition coefficient (Wildman–Crippen LogP) is 0.866. The highest BCUT2D eigenvalue weighted by atomic mass is 19.4. The number of methoxy groups -OCH3 is 1. The number of ether oxygens (including phenoxy) is 1. The summed E-state index contributed by atoms with van der Waals surface area (Å²) in [5.41, 5.74) is 6.02. The molecule has 0 fully saturated rings. The fourth-order valence-electron chi connectivity index (χ4n) is 2.49. The molecule has 0 aliphatic carbocycles. The Morgan fingerprint density at radius 2 is 2.10 bits per heavy atom. The van der Waals surface area contributed by atoms with E-state index in [2.05, 4.69) is 10.2 Å². The molecule has 0 saturated heterocycles. The number of rotatable bonds is 6. The first kappa shape index (κ1) is 16.2. The fraction of sp³-hybridized carbons (Fsp3) is 0.833. The van der Waals surface area contributed by atoms with Crippen LogP contribution in [0.15, 0.2) is 0 Å². The third-order valence-corrected chi connectivity index (χ3v) is 3.50. The summed E-state index contributed by atoms with van der Waals surface area (Å²) < 4.78 is 44.3. The van der Waals surface area contributed by atoms with Gasteiger partial charge in [-0.1, -0.05) is 0 Å². The molecule has 2 N–H and O–H groups in total. The van der Waals surface area contributed by atoms with Crippen LogP contribution in [0.4, 0.5) is 13.2 Å². The molecule has 1 atom stereocenters. The molecule has 0 bridgehead atoms. The molecule has 1 aromatic heterocycles. The quantitative estimate of drug-likeness (QED) is 0.790. The first-order valence-electron chi connectivity index (χ1n) is 6.88. The molecule has 6 nitrogen and oxygen atoms in total. The van der Waals surface area contributed by atoms with E-state index in [-0.39, 0.29) is 12.6 Å². The summed E-state index contributed by atoms with van der Waals surface area (Å²) in [6.07, 6.45) is -2.76. The molecular weight excluding hydrogens is 287 g/mol. The van der Waals surface area contributed by atoms with Crippen molar-refractivity contribution < 1.29 is 17.9 Å². The van der Waals surface area contributed by atoms with Crippen molar-refractivity contribution in [3.8, 4) is 0 Å². The van der Waals surface area contributed by atoms with Crippen molar-refractivity contribution in [2.75, 3.05) is 26.8 Å². The Bertz CT molecular complexity index is 462. The Kier molecular flexibility index (Phi) is 5.17. The normalized spacial score (nSPS) is 17.8. The van der Waals surface area contributed by atoms with Crippen LogP contribution in [-0.4, -0.2) is 52.5 Å². The SMILES string of the molecule is COCCCC(N)CN1CCn2c(nnc2C(F)(F)F)C1. The van der Waals surface area contributed by atoms with E-state index < -0.39 is 12.0 Å². The van der Waals surface area contributed by atoms with Gasteiger partial charge in [-0.2, -0.15) is 13.2 Å². The summed E-state index contributed by atoms with van der Waals surface area (Å²) in [7, 11) is 1.64. The summed E-state index contributed by atoms with van der Waals surface area (Å²) in [6.45, 7) is 2.41. The molecule has 0 spiro atoms. The molecular formula is C12H20F3N5O. The van der Waals surface area contributed by atoms with E-state index >= 15 is 0 Å². The molecule has 1 aliphatic rings. The smallest absolute Gasteiger partial charge is 0.385 e. The monoisotopic (exact) mass is 307 g/mol. The van der Waals surface area contributed by atoms with Crippen molar-refractivity contribution in [2.45, 2.75) is 38.1 Å². The molecule has 1 unspecified atom stereocenters. The maximum Gasteiger partial charge on any atom is 0.451 e. The number of nitrogens with zero attached hydrogens (tertiary/aromatic N) is 4. The van der Waals surface area contributed by atoms with Crippen LogP contribution in [0, 0.1) is 0 Å². The Hall–Kier alpha value is -1.19. The summed E-state index contributed by atoms with van der Waals surface area (Å²) in [6, 6.07) is -0.0169. The summed E-state index contributed by atoms with van der Waals surface area (Å²) in [5, 5.41) is 6.90. The van der Waals surface area contributed by atoms with Crippen LogP contribution in [0.1, 0.15) is 24.5 Å². The lowest BCUT2D eigenvalue weighted by Crippen LogP contribution is -2.42. The van der Waals surface area contributed by atoms with E-state index in [1.807, 2.05) is 4.90 Å². The van der Waals surface area contributed by atoms with E-state index in [1.54, 1.807) is 7.11 Å². The third kappa shape index (κ3) is 4.14. The predicted molar refractivity (Wildman–Crippen MR) is 69.4 cm³/mol. The lowest BCUT2D eigenvalue weighted by Gasteiger charge is -2.29. The minimum atomic E-state index is -4.45. The van der Waals surface area contributed by atoms with Crippen LogP contribution in [0.5, 0.6) is 0 Å². The number of hydrogen-bond donors (Lipinski definition) is 1. The lowest BCUT2D eigenvalue weighted by atomic mass is 10.1. The Balaban J connectivity index is 1.90. The Labute approximate surface area is 121 Å². The molecule has 2 heterocycles. The molecule has 2 rings (SSSR count). The topological polar surface area (TPSA) is 69.2 Å². The highest BCUT2D eigenvalue weighted by molar-refractivity contribution is 5.02. The largest absolute Gasteiger partial charge is 0.451 e. The number of fused-ring (bicyclic) bond motifs is 1. The van der Waals surface area contributed by atoms with Gasteiger partial charge < -0.3 is 15.0 Å². The van der Waals surface area contributed by atoms with Crippen LogP contribution in [0.25, 0.3) is 0 Å². The lowest BCUT2D eigenvalue weighted by molar-refractivity contribution is -0.148. The van der Waals surface area contributed by atoms with Crippen molar-refractivity contribution >= 4 is 0 Å². The molecule has 9 heteroatoms. The second kappa shape index (κ2) is 6.71. The maximum absolute atomic E-state index is 12.7. The van der Waals surface area contributed by atoms with Crippen LogP contribution < -0.4 is 5.73 Å². The Morgan fingerprint density at radius 3 is 2.76 bits per heavy atom. The average molecular weight is 307 g/mol. The van der Waals surface area contributed by atoms with Crippen LogP contribution >= 0.6 is 0 Å². The first-order valence-corrected chi connectivity index (χ1v) is 6.88. The standard InChI is InChI=1S/C12H20F3N5O/c1-21-6-2-3-9(16)7-19-4-5-20-10(8-19)17-18-11(20)12(13,14)15/h9H,2-8,16H2,1H3. The van der Waals surface area contributed by atoms with Gasteiger partial charge in [0.1, 0.15) is 5.82 Å². The number of nitrogens with two attached hydrogens (primary N) is 1. The molecule has 21 heavy (non-hydrogen) atoms. The van der Waals surface area contributed by atoms with Crippen LogP contribution in [-0.2, 0) is 24.0 Å². The number of alkyl halides is 3. The van der Waals surface area contributed by atoms with Gasteiger partial charge in [-0.05, 0) is 12.8 Å². The van der Waals surface area contributed by atoms with E-state index in [9.17, 15) is 13.2 Å². The van der Waals surface area contributed by atoms with Gasteiger partial charge in [0, 0.05) is 39.4 Å². The molecule has 0 saturated carbocycles. The van der Waals surface area contributed by atoms with Gasteiger partial charge in [0.15, 0.2) is 0 Å². The van der Waals surface area contributed by atoms with Gasteiger partial charge in [0.05, 0.1) is 6.54 Å². The highest BCUT2D eigenvalue weighted by Crippen LogP contribution is 2.29. The number of aromatic nitrogens is 3. The first-order chi connectivity index (χ1) is 9.91. The van der Waals surface area contributed by atoms with Gasteiger partial charge in [-0.25, -0.2) is 0 Å². The zero-order valence-electron chi connectivity index (χ0n) is 11.9. The number of hydrogen-bond acceptors (Lipinski definition) is 5. The van der Waals surface area contributed by atoms with E-state index in [0.29, 0.717) is 32.1 Å². The third-order valence-electron chi connectivity index (χ3n) is 3.50. The molecule has 0 aromatic carbocycles. The maximum atomic E-state index is 12.7. The van der Waals surface area contributed by atoms with Gasteiger partial charge in [0.25, 0.3) is 0 Å². The van der Waals surface area contributed by atoms with E-state index in [1.165, 1.54) is 0 Å². The van der Waals surface area contributed by atoms with Crippen LogP contribution in [0.3, 0.4) is 0 Å². The van der Waals surface area contributed by atoms with Crippen molar-refractivity contribution in [2.24, 2.45) is 5.73 Å². The van der Waals surface area contributed by atoms with Crippen molar-refractivity contribution in [1.82, 2.24) is 19.7 Å². The summed E-state index contributed by atoms with van der Waals surface area (Å²) in [5.74, 6) is -0.570. The van der Waals surface area contributed by atoms with Gasteiger partial charge >= 0.3 is 6.18 Å². The van der Waals surface area contributed by atoms with Crippen molar-refractivity contribution in [3.05, 3.63) is 11.6 Å². The molecule has 0 radical (unpaired) electrons. The number of halogens is 3.